The molecule has 1 aromatic rings. The largest absolute Gasteiger partial charge is 0.479 e. The number of nitrogens with one attached hydrogen (secondary N) is 1. The van der Waals surface area contributed by atoms with Crippen molar-refractivity contribution < 1.29 is 39.1 Å². The van der Waals surface area contributed by atoms with Crippen LogP contribution in [0.2, 0.25) is 0 Å². The number of hydrogen-bond acceptors (Lipinski definition) is 7. The van der Waals surface area contributed by atoms with E-state index in [1.807, 2.05) is 39.0 Å². The second-order valence-electron chi connectivity index (χ2n) is 10.1. The highest BCUT2D eigenvalue weighted by Gasteiger charge is 2.68. The number of aliphatic hydroxyl groups excluding tert-OH is 2. The van der Waals surface area contributed by atoms with Crippen molar-refractivity contribution in [2.75, 3.05) is 13.7 Å². The molecule has 1 aromatic heterocycles. The first-order valence-corrected chi connectivity index (χ1v) is 12.1. The summed E-state index contributed by atoms with van der Waals surface area (Å²) in [6, 6.07) is 3.33. The Morgan fingerprint density at radius 1 is 1.34 bits per heavy atom. The molecular formula is C26H35NO8. The summed E-state index contributed by atoms with van der Waals surface area (Å²) in [5.41, 5.74) is 0.102. The number of esters is 1. The van der Waals surface area contributed by atoms with Crippen molar-refractivity contribution in [2.45, 2.75) is 57.2 Å². The predicted molar refractivity (Wildman–Crippen MR) is 125 cm³/mol. The van der Waals surface area contributed by atoms with Gasteiger partial charge in [0.1, 0.15) is 23.5 Å². The molecule has 2 heterocycles. The van der Waals surface area contributed by atoms with Crippen molar-refractivity contribution in [3.8, 4) is 0 Å². The summed E-state index contributed by atoms with van der Waals surface area (Å²) in [5.74, 6) is -3.16. The number of carbonyl (C=O) groups excluding carboxylic acids is 1. The zero-order chi connectivity index (χ0) is 25.5. The van der Waals surface area contributed by atoms with E-state index in [2.05, 4.69) is 4.98 Å². The number of ether oxygens (including phenoxy) is 3. The number of rotatable bonds is 9. The third kappa shape index (κ3) is 4.24. The molecule has 2 fully saturated rings. The maximum Gasteiger partial charge on any atom is 0.355 e. The van der Waals surface area contributed by atoms with Gasteiger partial charge in [0.2, 0.25) is 0 Å². The molecule has 2 aliphatic carbocycles. The van der Waals surface area contributed by atoms with Crippen LogP contribution in [0.3, 0.4) is 0 Å². The first-order valence-electron chi connectivity index (χ1n) is 12.1. The molecule has 3 aliphatic rings. The van der Waals surface area contributed by atoms with E-state index in [-0.39, 0.29) is 30.8 Å². The Kier molecular flexibility index (Phi) is 7.24. The smallest absolute Gasteiger partial charge is 0.355 e. The van der Waals surface area contributed by atoms with Gasteiger partial charge in [-0.05, 0) is 37.0 Å². The van der Waals surface area contributed by atoms with E-state index in [1.165, 1.54) is 7.11 Å². The van der Waals surface area contributed by atoms with Crippen LogP contribution in [-0.2, 0) is 19.0 Å². The molecular weight excluding hydrogens is 454 g/mol. The van der Waals surface area contributed by atoms with E-state index in [4.69, 9.17) is 14.2 Å². The number of aliphatic carboxylic acids is 1. The van der Waals surface area contributed by atoms with Crippen LogP contribution in [-0.4, -0.2) is 76.0 Å². The van der Waals surface area contributed by atoms with Crippen molar-refractivity contribution >= 4 is 11.9 Å². The molecule has 9 nitrogen and oxygen atoms in total. The fraction of sp³-hybridized carbons (Fsp3) is 0.615. The molecule has 4 N–H and O–H groups in total. The molecule has 35 heavy (non-hydrogen) atoms. The van der Waals surface area contributed by atoms with Gasteiger partial charge in [-0.15, -0.1) is 0 Å². The van der Waals surface area contributed by atoms with Crippen LogP contribution in [0, 0.1) is 29.6 Å². The molecule has 9 heteroatoms. The number of carboxylic acid groups (broad SMARTS) is 1. The highest BCUT2D eigenvalue weighted by atomic mass is 16.6. The lowest BCUT2D eigenvalue weighted by Gasteiger charge is -2.48. The SMILES string of the molecule is CO[C@@H](C[C@H]1C=C[C@H]2[C@H]3O[C@]1(/C(C)=C/[C@@H](C)CO)[C@@H]2[C@H](O)[C@@H](C)[C@H]3OC(=O)c1ccc[nH]1)C(=O)O. The fourth-order valence-electron chi connectivity index (χ4n) is 6.29. The summed E-state index contributed by atoms with van der Waals surface area (Å²) in [4.78, 5) is 27.4. The summed E-state index contributed by atoms with van der Waals surface area (Å²) in [6.45, 7) is 5.56. The van der Waals surface area contributed by atoms with Crippen LogP contribution in [0.4, 0.5) is 0 Å². The number of aromatic nitrogens is 1. The molecule has 0 aromatic carbocycles. The summed E-state index contributed by atoms with van der Waals surface area (Å²) < 4.78 is 17.9. The lowest BCUT2D eigenvalue weighted by molar-refractivity contribution is -0.151. The Labute approximate surface area is 204 Å². The van der Waals surface area contributed by atoms with Crippen molar-refractivity contribution in [1.82, 2.24) is 4.98 Å². The topological polar surface area (TPSA) is 138 Å². The molecule has 1 aliphatic heterocycles. The highest BCUT2D eigenvalue weighted by Crippen LogP contribution is 2.61. The average Bonchev–Trinajstić information content (AvgIpc) is 3.43. The minimum absolute atomic E-state index is 0.0589. The van der Waals surface area contributed by atoms with Gasteiger partial charge in [-0.25, -0.2) is 9.59 Å². The third-order valence-corrected chi connectivity index (χ3v) is 8.01. The van der Waals surface area contributed by atoms with Crippen LogP contribution in [0.5, 0.6) is 0 Å². The quantitative estimate of drug-likeness (QED) is 0.306. The standard InChI is InChI=1S/C26H35NO8/c1-13(12-28)10-14(2)26-16(11-19(33-4)24(30)31)7-8-17-20(26)21(29)15(3)22(23(17)35-26)34-25(32)18-6-5-9-27-18/h5-10,13,15-17,19-23,27-29H,11-12H2,1-4H3,(H,30,31)/b14-10+/t13-,15-,16-,17-,19+,20+,21-,22-,23-,26+/m1/s1. The molecule has 0 unspecified atom stereocenters. The second-order valence-corrected chi connectivity index (χ2v) is 10.1. The number of hydrogen-bond donors (Lipinski definition) is 4. The number of aromatic amines is 1. The Balaban J connectivity index is 1.75. The van der Waals surface area contributed by atoms with E-state index < -0.39 is 53.8 Å². The van der Waals surface area contributed by atoms with Crippen molar-refractivity contribution in [2.24, 2.45) is 29.6 Å². The molecule has 1 saturated heterocycles. The molecule has 192 valence electrons. The van der Waals surface area contributed by atoms with Crippen LogP contribution in [0.1, 0.15) is 37.7 Å². The van der Waals surface area contributed by atoms with Gasteiger partial charge in [0.25, 0.3) is 0 Å². The van der Waals surface area contributed by atoms with Gasteiger partial charge >= 0.3 is 11.9 Å². The molecule has 0 amide bonds. The maximum absolute atomic E-state index is 12.8. The van der Waals surface area contributed by atoms with Crippen molar-refractivity contribution in [1.29, 1.82) is 0 Å². The van der Waals surface area contributed by atoms with E-state index in [0.717, 1.165) is 5.57 Å². The van der Waals surface area contributed by atoms with Gasteiger partial charge in [-0.1, -0.05) is 32.1 Å². The minimum Gasteiger partial charge on any atom is -0.479 e. The monoisotopic (exact) mass is 489 g/mol. The second kappa shape index (κ2) is 9.89. The highest BCUT2D eigenvalue weighted by molar-refractivity contribution is 5.87. The van der Waals surface area contributed by atoms with Crippen LogP contribution in [0.15, 0.2) is 42.1 Å². The summed E-state index contributed by atoms with van der Waals surface area (Å²) in [6.07, 6.45) is 4.47. The first-order chi connectivity index (χ1) is 16.6. The normalized spacial score (nSPS) is 37.7. The van der Waals surface area contributed by atoms with Crippen molar-refractivity contribution in [3.05, 3.63) is 47.8 Å². The molecule has 0 radical (unpaired) electrons. The van der Waals surface area contributed by atoms with Crippen molar-refractivity contribution in [3.63, 3.8) is 0 Å². The van der Waals surface area contributed by atoms with Gasteiger partial charge in [-0.2, -0.15) is 0 Å². The first kappa shape index (κ1) is 25.6. The number of methoxy groups -OCH3 is 1. The predicted octanol–water partition coefficient (Wildman–Crippen LogP) is 2.17. The Hall–Kier alpha value is -2.46. The average molecular weight is 490 g/mol. The number of carbonyl (C=O) groups is 2. The van der Waals surface area contributed by atoms with Gasteiger partial charge in [-0.3, -0.25) is 0 Å². The Bertz CT molecular complexity index is 987. The minimum atomic E-state index is -1.07. The Morgan fingerprint density at radius 2 is 2.09 bits per heavy atom. The zero-order valence-electron chi connectivity index (χ0n) is 20.5. The van der Waals surface area contributed by atoms with Crippen LogP contribution in [0.25, 0.3) is 0 Å². The van der Waals surface area contributed by atoms with E-state index in [9.17, 15) is 24.9 Å². The van der Waals surface area contributed by atoms with E-state index >= 15 is 0 Å². The molecule has 4 bridgehead atoms. The van der Waals surface area contributed by atoms with Crippen LogP contribution >= 0.6 is 0 Å². The lowest BCUT2D eigenvalue weighted by Crippen LogP contribution is -2.57. The summed E-state index contributed by atoms with van der Waals surface area (Å²) >= 11 is 0. The Morgan fingerprint density at radius 3 is 2.69 bits per heavy atom. The van der Waals surface area contributed by atoms with Gasteiger partial charge in [0.05, 0.1) is 6.10 Å². The lowest BCUT2D eigenvalue weighted by atomic mass is 9.57. The summed E-state index contributed by atoms with van der Waals surface area (Å²) in [5, 5.41) is 30.9. The van der Waals surface area contributed by atoms with Gasteiger partial charge in [0, 0.05) is 43.6 Å². The molecule has 1 saturated carbocycles. The molecule has 0 spiro atoms. The molecule has 10 atom stereocenters. The zero-order valence-corrected chi connectivity index (χ0v) is 20.5. The summed E-state index contributed by atoms with van der Waals surface area (Å²) in [7, 11) is 1.36. The maximum atomic E-state index is 12.8. The van der Waals surface area contributed by atoms with E-state index in [0.29, 0.717) is 5.69 Å². The fourth-order valence-corrected chi connectivity index (χ4v) is 6.29. The molecule has 4 rings (SSSR count). The van der Waals surface area contributed by atoms with E-state index in [1.54, 1.807) is 18.3 Å². The van der Waals surface area contributed by atoms with Gasteiger partial charge < -0.3 is 34.5 Å². The number of aliphatic hydroxyl groups is 2. The number of H-pyrrole nitrogens is 1. The van der Waals surface area contributed by atoms with Crippen LogP contribution < -0.4 is 0 Å². The van der Waals surface area contributed by atoms with Gasteiger partial charge in [0.15, 0.2) is 6.10 Å². The number of carboxylic acids is 1. The third-order valence-electron chi connectivity index (χ3n) is 8.01.